The van der Waals surface area contributed by atoms with Crippen molar-refractivity contribution in [3.63, 3.8) is 0 Å². The zero-order chi connectivity index (χ0) is 70.7. The van der Waals surface area contributed by atoms with Crippen LogP contribution in [0.4, 0.5) is 28.9 Å². The summed E-state index contributed by atoms with van der Waals surface area (Å²) in [5.74, 6) is -17.1. The molecule has 0 unspecified atom stereocenters. The largest absolute Gasteiger partial charge is 0.490 e. The summed E-state index contributed by atoms with van der Waals surface area (Å²) in [5, 5.41) is 22.9. The number of nitrogens with one attached hydrogen (secondary N) is 2. The lowest BCUT2D eigenvalue weighted by atomic mass is 9.62. The van der Waals surface area contributed by atoms with E-state index in [1.165, 1.54) is 52.0 Å². The first kappa shape index (κ1) is 72.8. The predicted octanol–water partition coefficient (Wildman–Crippen LogP) is 11.6. The van der Waals surface area contributed by atoms with Crippen LogP contribution in [-0.4, -0.2) is 137 Å². The molecule has 4 aliphatic heterocycles. The maximum Gasteiger partial charge on any atom is 0.380 e. The fourth-order valence-corrected chi connectivity index (χ4v) is 18.9. The van der Waals surface area contributed by atoms with Crippen molar-refractivity contribution < 1.29 is 82.7 Å². The van der Waals surface area contributed by atoms with Crippen molar-refractivity contribution in [1.29, 1.82) is 0 Å². The minimum atomic E-state index is -4.28. The first-order chi connectivity index (χ1) is 46.2. The fraction of sp³-hybridized carbons (Fsp3) is 0.556. The Kier molecular flexibility index (Phi) is 20.7. The van der Waals surface area contributed by atoms with Gasteiger partial charge in [-0.15, -0.1) is 0 Å². The molecule has 0 radical (unpaired) electrons. The van der Waals surface area contributed by atoms with E-state index in [0.29, 0.717) is 72.1 Å². The van der Waals surface area contributed by atoms with Crippen molar-refractivity contribution in [2.75, 3.05) is 62.4 Å². The number of hydrogen-bond donors (Lipinski definition) is 4. The van der Waals surface area contributed by atoms with Crippen LogP contribution in [0, 0.1) is 35.5 Å². The van der Waals surface area contributed by atoms with Gasteiger partial charge in [-0.25, -0.2) is 35.9 Å². The van der Waals surface area contributed by atoms with E-state index in [0.717, 1.165) is 72.9 Å². The van der Waals surface area contributed by atoms with Gasteiger partial charge in [-0.1, -0.05) is 73.5 Å². The van der Waals surface area contributed by atoms with Crippen molar-refractivity contribution in [3.8, 4) is 11.5 Å². The number of fused-ring (bicyclic) bond motifs is 8. The van der Waals surface area contributed by atoms with E-state index in [1.807, 2.05) is 46.2 Å². The van der Waals surface area contributed by atoms with Crippen LogP contribution in [-0.2, 0) is 62.8 Å². The number of aryl methyl sites for hydroxylation is 2. The summed E-state index contributed by atoms with van der Waals surface area (Å²) in [4.78, 5) is 56.3. The number of allylic oxidation sites excluding steroid dienone is 2. The van der Waals surface area contributed by atoms with Gasteiger partial charge in [0.2, 0.25) is 20.0 Å². The van der Waals surface area contributed by atoms with E-state index in [-0.39, 0.29) is 63.1 Å². The molecule has 532 valence electrons. The number of sulfonamides is 2. The second-order valence-corrected chi connectivity index (χ2v) is 33.2. The summed E-state index contributed by atoms with van der Waals surface area (Å²) in [6.07, 6.45) is 11.0. The van der Waals surface area contributed by atoms with Crippen LogP contribution in [0.15, 0.2) is 97.1 Å². The lowest BCUT2D eigenvalue weighted by Crippen LogP contribution is -2.62. The van der Waals surface area contributed by atoms with Gasteiger partial charge in [0.15, 0.2) is 11.2 Å². The number of aliphatic hydroxyl groups is 2. The first-order valence-electron chi connectivity index (χ1n) is 33.9. The Morgan fingerprint density at radius 2 is 0.990 bits per heavy atom. The average Bonchev–Trinajstić information content (AvgIpc) is 1.31. The molecule has 2 fully saturated rings. The Hall–Kier alpha value is -6.44. The Bertz CT molecular complexity index is 3800. The van der Waals surface area contributed by atoms with E-state index in [9.17, 15) is 46.2 Å². The third kappa shape index (κ3) is 13.6. The highest BCUT2D eigenvalue weighted by Crippen LogP contribution is 2.55. The molecule has 12 atom stereocenters. The number of esters is 2. The van der Waals surface area contributed by atoms with Gasteiger partial charge in [-0.2, -0.15) is 17.6 Å². The molecule has 4 heterocycles. The van der Waals surface area contributed by atoms with Crippen molar-refractivity contribution >= 4 is 78.4 Å². The van der Waals surface area contributed by atoms with Gasteiger partial charge in [0.25, 0.3) is 11.8 Å². The summed E-state index contributed by atoms with van der Waals surface area (Å²) in [6, 6.07) is 21.1. The van der Waals surface area contributed by atoms with Crippen LogP contribution >= 0.6 is 23.2 Å². The maximum atomic E-state index is 16.1. The summed E-state index contributed by atoms with van der Waals surface area (Å²) in [5.41, 5.74) is -1.23. The smallest absolute Gasteiger partial charge is 0.380 e. The number of anilines is 2. The van der Waals surface area contributed by atoms with E-state index < -0.39 is 124 Å². The fourth-order valence-electron chi connectivity index (χ4n) is 16.0. The predicted molar refractivity (Wildman–Crippen MR) is 363 cm³/mol. The number of rotatable bonds is 6. The van der Waals surface area contributed by atoms with Crippen LogP contribution in [0.3, 0.4) is 0 Å². The SMILES string of the molecule is CCOC(=O)C(F)(F)[C@@]1(O)/C=C/C[C@H](C)[C@@H](C)S(=O)(=O)NC(=O)c2ccc3c(c2)N(C[C@@H]2CC[C@H]21)C[C@@]1(CCCc2cc(Cl)ccc21)CO3.CCOC(=O)C(F)(F)[C@]1(O)/C=C/C[C@H](C)[C@@H](C)S(=O)(=O)NC(=O)c2ccc3c(c2)N(C[C@@H]2CC[C@H]21)C[C@@]1(CCCc2cc(Cl)ccc21)CO3. The molecule has 98 heavy (non-hydrogen) atoms. The molecule has 0 aromatic heterocycles. The molecule has 26 heteroatoms. The molecule has 18 nitrogen and oxygen atoms in total. The number of halogens is 6. The lowest BCUT2D eigenvalue weighted by Gasteiger charge is -2.50. The normalized spacial score (nSPS) is 32.0. The average molecular weight is 1440 g/mol. The maximum absolute atomic E-state index is 16.1. The Balaban J connectivity index is 0.000000198. The van der Waals surface area contributed by atoms with E-state index in [2.05, 4.69) is 9.44 Å². The van der Waals surface area contributed by atoms with Gasteiger partial charge in [0.1, 0.15) is 11.5 Å². The minimum Gasteiger partial charge on any atom is -0.490 e. The zero-order valence-corrected chi connectivity index (χ0v) is 58.9. The molecular weight excluding hydrogens is 1360 g/mol. The molecule has 12 rings (SSSR count). The van der Waals surface area contributed by atoms with Crippen molar-refractivity contribution in [2.45, 2.75) is 163 Å². The molecule has 4 bridgehead atoms. The summed E-state index contributed by atoms with van der Waals surface area (Å²) in [7, 11) is -8.39. The monoisotopic (exact) mass is 1440 g/mol. The van der Waals surface area contributed by atoms with Crippen LogP contribution in [0.25, 0.3) is 0 Å². The first-order valence-corrected chi connectivity index (χ1v) is 37.7. The quantitative estimate of drug-likeness (QED) is 0.0796. The Morgan fingerprint density at radius 3 is 1.35 bits per heavy atom. The molecule has 2 amide bonds. The number of amides is 2. The third-order valence-corrected chi connectivity index (χ3v) is 26.7. The molecule has 4 N–H and O–H groups in total. The lowest BCUT2D eigenvalue weighted by molar-refractivity contribution is -0.225. The van der Waals surface area contributed by atoms with Crippen molar-refractivity contribution in [2.24, 2.45) is 35.5 Å². The molecular formula is C72H86Cl2F4N4O14S2. The van der Waals surface area contributed by atoms with Gasteiger partial charge in [0, 0.05) is 70.0 Å². The highest BCUT2D eigenvalue weighted by Gasteiger charge is 2.67. The van der Waals surface area contributed by atoms with Crippen molar-refractivity contribution in [1.82, 2.24) is 9.44 Å². The van der Waals surface area contributed by atoms with E-state index in [1.54, 1.807) is 38.1 Å². The van der Waals surface area contributed by atoms with Crippen molar-refractivity contribution in [3.05, 3.63) is 141 Å². The van der Waals surface area contributed by atoms with Crippen LogP contribution in [0.2, 0.25) is 10.0 Å². The second kappa shape index (κ2) is 27.8. The molecule has 0 saturated heterocycles. The van der Waals surface area contributed by atoms with E-state index in [4.69, 9.17) is 42.1 Å². The number of carbonyl (C=O) groups excluding carboxylic acids is 4. The van der Waals surface area contributed by atoms with Gasteiger partial charge < -0.3 is 39.0 Å². The highest BCUT2D eigenvalue weighted by molar-refractivity contribution is 7.91. The number of alkyl halides is 4. The summed E-state index contributed by atoms with van der Waals surface area (Å²) in [6.45, 7) is 10.2. The molecule has 2 saturated carbocycles. The number of hydrogen-bond acceptors (Lipinski definition) is 16. The topological polar surface area (TPSA) is 244 Å². The Labute approximate surface area is 580 Å². The number of nitrogens with zero attached hydrogens (tertiary/aromatic N) is 2. The van der Waals surface area contributed by atoms with Gasteiger partial charge in [-0.3, -0.25) is 9.59 Å². The third-order valence-electron chi connectivity index (χ3n) is 22.4. The number of carbonyl (C=O) groups is 4. The van der Waals surface area contributed by atoms with Gasteiger partial charge >= 0.3 is 23.8 Å². The summed E-state index contributed by atoms with van der Waals surface area (Å²) >= 11 is 12.8. The second-order valence-electron chi connectivity index (χ2n) is 28.3. The zero-order valence-electron chi connectivity index (χ0n) is 55.8. The van der Waals surface area contributed by atoms with Crippen LogP contribution in [0.1, 0.15) is 149 Å². The van der Waals surface area contributed by atoms with Gasteiger partial charge in [0.05, 0.1) is 48.3 Å². The molecule has 2 spiro atoms. The number of benzene rings is 4. The van der Waals surface area contributed by atoms with E-state index >= 15 is 17.6 Å². The molecule has 8 aliphatic rings. The molecule has 4 aromatic carbocycles. The minimum absolute atomic E-state index is 0.0108. The summed E-state index contributed by atoms with van der Waals surface area (Å²) < 4.78 is 144. The molecule has 4 aliphatic carbocycles. The number of ether oxygens (including phenoxy) is 4. The van der Waals surface area contributed by atoms with Gasteiger partial charge in [-0.05, 0) is 211 Å². The standard InChI is InChI=1S/2C36H43ClF2N2O7S/c2*1-4-47-33(43)36(38,39)35(44)16-5-7-22(2)23(3)49(45,46)40-32(42)25-10-14-31-30(18-25)41(19-26-9-12-29(26)35)20-34(21-48-31)15-6-8-24-17-27(37)11-13-28(24)34/h2*5,10-11,13-14,16-18,22-23,26,29,44H,4,6-9,12,15,19-21H2,1-3H3,(H,40,42)/b2*16-5+/t22-,23+,26-,29+,34-,35+;22-,23+,26-,29+,34-,35-/m00/s1. The van der Waals surface area contributed by atoms with Crippen LogP contribution in [0.5, 0.6) is 11.5 Å². The molecule has 4 aromatic rings. The Morgan fingerprint density at radius 1 is 0.602 bits per heavy atom. The van der Waals surface area contributed by atoms with Crippen LogP contribution < -0.4 is 28.7 Å². The highest BCUT2D eigenvalue weighted by atomic mass is 35.5.